The summed E-state index contributed by atoms with van der Waals surface area (Å²) in [6.07, 6.45) is -1.28. The third kappa shape index (κ3) is 8.38. The number of nitrogens with zero attached hydrogens (tertiary/aromatic N) is 2. The van der Waals surface area contributed by atoms with Crippen molar-refractivity contribution < 1.29 is 32.0 Å². The van der Waals surface area contributed by atoms with Crippen molar-refractivity contribution in [3.8, 4) is 5.75 Å². The Balaban J connectivity index is 0.00000129. The van der Waals surface area contributed by atoms with E-state index in [1.165, 1.54) is 6.07 Å². The molecule has 192 valence electrons. The summed E-state index contributed by atoms with van der Waals surface area (Å²) >= 11 is 0. The quantitative estimate of drug-likeness (QED) is 0.601. The van der Waals surface area contributed by atoms with Gasteiger partial charge in [0.25, 0.3) is 0 Å². The molecule has 0 unspecified atom stereocenters. The highest BCUT2D eigenvalue weighted by molar-refractivity contribution is 5.84. The molecule has 2 heterocycles. The third-order valence-electron chi connectivity index (χ3n) is 5.36. The lowest BCUT2D eigenvalue weighted by Gasteiger charge is -2.33. The first-order valence-electron chi connectivity index (χ1n) is 11.5. The molecule has 10 heteroatoms. The number of piperidine rings is 1. The summed E-state index contributed by atoms with van der Waals surface area (Å²) in [5.41, 5.74) is 1.24. The number of alkyl halides is 3. The van der Waals surface area contributed by atoms with E-state index < -0.39 is 18.4 Å². The first-order chi connectivity index (χ1) is 15.8. The molecule has 0 spiro atoms. The van der Waals surface area contributed by atoms with E-state index in [1.54, 1.807) is 17.9 Å². The molecule has 1 amide bonds. The topological polar surface area (TPSA) is 76.8 Å². The standard InChI is InChI=1S/C22H29F3N2O4.C2H7N/c1-14-18(29-13-22(23,24)25)8-6-16-17(26-31-19(14)16)7-5-15-9-11-27(12-10-15)20(28)30-21(2,3)4;1-3-2/h6,8,15H,5,7,9-13H2,1-4H3;3H,1-2H3. The fraction of sp³-hybridized carbons (Fsp3) is 0.667. The molecule has 0 radical (unpaired) electrons. The van der Waals surface area contributed by atoms with Gasteiger partial charge in [-0.05, 0) is 85.5 Å². The van der Waals surface area contributed by atoms with Crippen LogP contribution >= 0.6 is 0 Å². The lowest BCUT2D eigenvalue weighted by Crippen LogP contribution is -2.41. The Kier molecular flexibility index (Phi) is 9.61. The SMILES string of the molecule is CNC.Cc1c(OCC(F)(F)F)ccc2c(CCC3CCN(C(=O)OC(C)(C)C)CC3)noc12. The molecule has 0 saturated carbocycles. The van der Waals surface area contributed by atoms with E-state index in [1.807, 2.05) is 34.9 Å². The van der Waals surface area contributed by atoms with Crippen LogP contribution < -0.4 is 10.1 Å². The smallest absolute Gasteiger partial charge is 0.422 e. The van der Waals surface area contributed by atoms with Gasteiger partial charge in [0.1, 0.15) is 11.4 Å². The van der Waals surface area contributed by atoms with Gasteiger partial charge >= 0.3 is 12.3 Å². The number of benzene rings is 1. The van der Waals surface area contributed by atoms with E-state index in [0.29, 0.717) is 36.6 Å². The average molecular weight is 488 g/mol. The molecule has 0 aliphatic carbocycles. The number of ether oxygens (including phenoxy) is 2. The number of rotatable bonds is 5. The van der Waals surface area contributed by atoms with Crippen molar-refractivity contribution in [2.24, 2.45) is 5.92 Å². The van der Waals surface area contributed by atoms with Gasteiger partial charge in [-0.2, -0.15) is 13.2 Å². The van der Waals surface area contributed by atoms with Crippen LogP contribution in [-0.2, 0) is 11.2 Å². The fourth-order valence-corrected chi connectivity index (χ4v) is 3.74. The van der Waals surface area contributed by atoms with Crippen LogP contribution in [0.3, 0.4) is 0 Å². The van der Waals surface area contributed by atoms with Gasteiger partial charge in [-0.25, -0.2) is 4.79 Å². The molecule has 1 fully saturated rings. The average Bonchev–Trinajstić information content (AvgIpc) is 3.15. The van der Waals surface area contributed by atoms with Crippen LogP contribution in [0.1, 0.15) is 51.3 Å². The van der Waals surface area contributed by atoms with Crippen molar-refractivity contribution in [3.63, 3.8) is 0 Å². The number of aromatic nitrogens is 1. The lowest BCUT2D eigenvalue weighted by atomic mass is 9.91. The summed E-state index contributed by atoms with van der Waals surface area (Å²) in [4.78, 5) is 13.9. The number of aryl methyl sites for hydroxylation is 2. The Morgan fingerprint density at radius 3 is 2.38 bits per heavy atom. The van der Waals surface area contributed by atoms with E-state index in [-0.39, 0.29) is 11.8 Å². The van der Waals surface area contributed by atoms with Crippen LogP contribution in [0.5, 0.6) is 5.75 Å². The summed E-state index contributed by atoms with van der Waals surface area (Å²) < 4.78 is 53.0. The number of carbonyl (C=O) groups excluding carboxylic acids is 1. The predicted molar refractivity (Wildman–Crippen MR) is 124 cm³/mol. The zero-order valence-corrected chi connectivity index (χ0v) is 20.8. The number of carbonyl (C=O) groups is 1. The highest BCUT2D eigenvalue weighted by Gasteiger charge is 2.29. The summed E-state index contributed by atoms with van der Waals surface area (Å²) in [5, 5.41) is 7.68. The van der Waals surface area contributed by atoms with Gasteiger partial charge in [-0.15, -0.1) is 0 Å². The first kappa shape index (κ1) is 27.8. The normalized spacial score (nSPS) is 15.1. The van der Waals surface area contributed by atoms with Crippen LogP contribution in [0, 0.1) is 12.8 Å². The Labute approximate surface area is 198 Å². The Bertz CT molecular complexity index is 930. The maximum Gasteiger partial charge on any atom is 0.422 e. The molecular formula is C24H36F3N3O4. The number of likely N-dealkylation sites (tertiary alicyclic amines) is 1. The molecule has 1 aliphatic rings. The summed E-state index contributed by atoms with van der Waals surface area (Å²) in [6.45, 7) is 7.21. The lowest BCUT2D eigenvalue weighted by molar-refractivity contribution is -0.153. The van der Waals surface area contributed by atoms with E-state index in [0.717, 1.165) is 30.3 Å². The van der Waals surface area contributed by atoms with Gasteiger partial charge in [0.2, 0.25) is 0 Å². The zero-order chi connectivity index (χ0) is 25.5. The van der Waals surface area contributed by atoms with Crippen molar-refractivity contribution in [2.75, 3.05) is 33.8 Å². The number of amides is 1. The number of halogens is 3. The number of hydrogen-bond donors (Lipinski definition) is 1. The number of hydrogen-bond acceptors (Lipinski definition) is 6. The van der Waals surface area contributed by atoms with Gasteiger partial charge in [-0.1, -0.05) is 5.16 Å². The first-order valence-corrected chi connectivity index (χ1v) is 11.5. The molecule has 1 aromatic heterocycles. The Morgan fingerprint density at radius 1 is 1.21 bits per heavy atom. The molecule has 34 heavy (non-hydrogen) atoms. The summed E-state index contributed by atoms with van der Waals surface area (Å²) in [6, 6.07) is 3.23. The van der Waals surface area contributed by atoms with Crippen molar-refractivity contribution in [1.29, 1.82) is 0 Å². The van der Waals surface area contributed by atoms with Crippen molar-refractivity contribution >= 4 is 17.1 Å². The Morgan fingerprint density at radius 2 is 1.82 bits per heavy atom. The molecule has 0 atom stereocenters. The summed E-state index contributed by atoms with van der Waals surface area (Å²) in [5.74, 6) is 0.600. The van der Waals surface area contributed by atoms with Crippen LogP contribution in [-0.4, -0.2) is 61.7 Å². The monoisotopic (exact) mass is 487 g/mol. The molecule has 0 bridgehead atoms. The largest absolute Gasteiger partial charge is 0.484 e. The van der Waals surface area contributed by atoms with E-state index >= 15 is 0 Å². The van der Waals surface area contributed by atoms with Crippen LogP contribution in [0.4, 0.5) is 18.0 Å². The molecule has 7 nitrogen and oxygen atoms in total. The minimum Gasteiger partial charge on any atom is -0.484 e. The minimum absolute atomic E-state index is 0.141. The predicted octanol–water partition coefficient (Wildman–Crippen LogP) is 5.49. The van der Waals surface area contributed by atoms with Crippen molar-refractivity contribution in [3.05, 3.63) is 23.4 Å². The molecule has 1 N–H and O–H groups in total. The molecule has 1 saturated heterocycles. The molecule has 3 rings (SSSR count). The molecular weight excluding hydrogens is 451 g/mol. The van der Waals surface area contributed by atoms with Gasteiger partial charge in [0, 0.05) is 24.0 Å². The second-order valence-corrected chi connectivity index (χ2v) is 9.55. The van der Waals surface area contributed by atoms with Crippen molar-refractivity contribution in [1.82, 2.24) is 15.4 Å². The van der Waals surface area contributed by atoms with Crippen LogP contribution in [0.25, 0.3) is 11.0 Å². The van der Waals surface area contributed by atoms with Gasteiger partial charge in [-0.3, -0.25) is 0 Å². The zero-order valence-electron chi connectivity index (χ0n) is 20.8. The van der Waals surface area contributed by atoms with E-state index in [2.05, 4.69) is 10.5 Å². The number of nitrogens with one attached hydrogen (secondary N) is 1. The van der Waals surface area contributed by atoms with Crippen LogP contribution in [0.2, 0.25) is 0 Å². The van der Waals surface area contributed by atoms with Crippen LogP contribution in [0.15, 0.2) is 16.7 Å². The molecule has 1 aromatic carbocycles. The maximum absolute atomic E-state index is 12.4. The second-order valence-electron chi connectivity index (χ2n) is 9.55. The molecule has 1 aliphatic heterocycles. The maximum atomic E-state index is 12.4. The minimum atomic E-state index is -4.40. The third-order valence-corrected chi connectivity index (χ3v) is 5.36. The van der Waals surface area contributed by atoms with Crippen molar-refractivity contribution in [2.45, 2.75) is 65.2 Å². The van der Waals surface area contributed by atoms with Gasteiger partial charge < -0.3 is 24.2 Å². The van der Waals surface area contributed by atoms with Gasteiger partial charge in [0.05, 0.1) is 5.69 Å². The molecule has 2 aromatic rings. The van der Waals surface area contributed by atoms with E-state index in [9.17, 15) is 18.0 Å². The summed E-state index contributed by atoms with van der Waals surface area (Å²) in [7, 11) is 3.75. The Hall–Kier alpha value is -2.49. The number of fused-ring (bicyclic) bond motifs is 1. The van der Waals surface area contributed by atoms with Gasteiger partial charge in [0.15, 0.2) is 12.2 Å². The second kappa shape index (κ2) is 11.8. The highest BCUT2D eigenvalue weighted by atomic mass is 19.4. The van der Waals surface area contributed by atoms with E-state index in [4.69, 9.17) is 14.0 Å². The fourth-order valence-electron chi connectivity index (χ4n) is 3.74. The highest BCUT2D eigenvalue weighted by Crippen LogP contribution is 2.32.